The van der Waals surface area contributed by atoms with E-state index in [1.807, 2.05) is 0 Å². The molecule has 3 nitrogen and oxygen atoms in total. The number of carbonyl (C=O) groups excluding carboxylic acids is 1. The summed E-state index contributed by atoms with van der Waals surface area (Å²) in [6.45, 7) is 0. The van der Waals surface area contributed by atoms with Crippen molar-refractivity contribution >= 4 is 6.03 Å². The van der Waals surface area contributed by atoms with Gasteiger partial charge < -0.3 is 4.90 Å². The minimum Gasteiger partial charge on any atom is -0.328 e. The van der Waals surface area contributed by atoms with Crippen LogP contribution in [0.4, 0.5) is 4.79 Å². The summed E-state index contributed by atoms with van der Waals surface area (Å²) in [5.74, 6) is 0. The molecular weight excluding hydrogens is 80.0 g/mol. The van der Waals surface area contributed by atoms with E-state index in [1.54, 1.807) is 0 Å². The molecule has 0 spiro atoms. The number of carbonyl (C=O) groups is 1. The maximum atomic E-state index is 9.62. The molecule has 0 aromatic carbocycles. The zero-order chi connectivity index (χ0) is 5.15. The van der Waals surface area contributed by atoms with Crippen molar-refractivity contribution in [3.8, 4) is 0 Å². The number of amides is 2. The van der Waals surface area contributed by atoms with Gasteiger partial charge in [0.1, 0.15) is 0 Å². The summed E-state index contributed by atoms with van der Waals surface area (Å²) in [6, 6.07) is -0.907. The summed E-state index contributed by atoms with van der Waals surface area (Å²) in [4.78, 5) is 10.7. The van der Waals surface area contributed by atoms with Crippen molar-refractivity contribution in [2.24, 2.45) is 0 Å². The lowest BCUT2D eigenvalue weighted by molar-refractivity contribution is 0.225. The van der Waals surface area contributed by atoms with Crippen LogP contribution in [-0.2, 0) is 0 Å². The van der Waals surface area contributed by atoms with Crippen molar-refractivity contribution in [1.29, 1.82) is 0 Å². The Bertz CT molecular complexity index is 59.8. The van der Waals surface area contributed by atoms with E-state index in [-0.39, 0.29) is 0 Å². The number of rotatable bonds is 0. The van der Waals surface area contributed by atoms with E-state index in [1.165, 1.54) is 14.1 Å². The minimum atomic E-state index is -0.907. The summed E-state index contributed by atoms with van der Waals surface area (Å²) in [5, 5.41) is 0. The van der Waals surface area contributed by atoms with Gasteiger partial charge in [0.2, 0.25) is 0 Å². The summed E-state index contributed by atoms with van der Waals surface area (Å²) in [7, 11) is 2.95. The monoisotopic (exact) mass is 86.0 g/mol. The number of urea groups is 1. The van der Waals surface area contributed by atoms with E-state index < -0.39 is 6.03 Å². The van der Waals surface area contributed by atoms with Crippen LogP contribution in [0.2, 0.25) is 0 Å². The third kappa shape index (κ3) is 1.58. The fourth-order valence-electron chi connectivity index (χ4n) is 0. The number of hydrogen-bond acceptors (Lipinski definition) is 1. The van der Waals surface area contributed by atoms with E-state index in [9.17, 15) is 4.79 Å². The fraction of sp³-hybridized carbons (Fsp3) is 0.667. The van der Waals surface area contributed by atoms with Crippen LogP contribution < -0.4 is 5.73 Å². The van der Waals surface area contributed by atoms with E-state index in [0.717, 1.165) is 4.90 Å². The average Bonchev–Trinajstić information content (AvgIpc) is 1.36. The highest BCUT2D eigenvalue weighted by Crippen LogP contribution is 1.68. The molecule has 0 saturated heterocycles. The van der Waals surface area contributed by atoms with Crippen LogP contribution in [0, 0.1) is 0 Å². The highest BCUT2D eigenvalue weighted by Gasteiger charge is 1.92. The molecule has 0 saturated carbocycles. The molecule has 0 aliphatic carbocycles. The van der Waals surface area contributed by atoms with E-state index in [4.69, 9.17) is 5.73 Å². The standard InChI is InChI=1S/C3H6N2O/c1-5(2)3(4)6/h1-2H3. The SMILES string of the molecule is CN(C)C([N])=O. The van der Waals surface area contributed by atoms with Crippen molar-refractivity contribution in [3.05, 3.63) is 0 Å². The van der Waals surface area contributed by atoms with Gasteiger partial charge in [-0.1, -0.05) is 5.73 Å². The van der Waals surface area contributed by atoms with Gasteiger partial charge in [0, 0.05) is 14.1 Å². The lowest BCUT2D eigenvalue weighted by atomic mass is 10.9. The Balaban J connectivity index is 3.26. The van der Waals surface area contributed by atoms with Gasteiger partial charge in [0.15, 0.2) is 0 Å². The maximum Gasteiger partial charge on any atom is 0.361 e. The topological polar surface area (TPSA) is 42.6 Å². The third-order valence-corrected chi connectivity index (χ3v) is 0.383. The molecule has 0 rings (SSSR count). The molecule has 0 aliphatic rings. The van der Waals surface area contributed by atoms with Gasteiger partial charge in [-0.05, 0) is 0 Å². The molecule has 0 aromatic heterocycles. The highest BCUT2D eigenvalue weighted by atomic mass is 16.2. The lowest BCUT2D eigenvalue weighted by Gasteiger charge is -1.98. The Morgan fingerprint density at radius 3 is 1.83 bits per heavy atom. The molecule has 3 heteroatoms. The summed E-state index contributed by atoms with van der Waals surface area (Å²) < 4.78 is 0. The molecule has 34 valence electrons. The first-order chi connectivity index (χ1) is 2.64. The van der Waals surface area contributed by atoms with Crippen LogP contribution in [0.1, 0.15) is 0 Å². The summed E-state index contributed by atoms with van der Waals surface area (Å²) in [6.07, 6.45) is 0. The second kappa shape index (κ2) is 1.64. The van der Waals surface area contributed by atoms with Gasteiger partial charge in [0.25, 0.3) is 0 Å². The highest BCUT2D eigenvalue weighted by molar-refractivity contribution is 5.70. The fourth-order valence-corrected chi connectivity index (χ4v) is 0. The van der Waals surface area contributed by atoms with Crippen molar-refractivity contribution in [2.45, 2.75) is 0 Å². The van der Waals surface area contributed by atoms with Gasteiger partial charge in [-0.25, -0.2) is 4.79 Å². The Kier molecular flexibility index (Phi) is 1.44. The third-order valence-electron chi connectivity index (χ3n) is 0.383. The molecule has 2 amide bonds. The Morgan fingerprint density at radius 1 is 1.67 bits per heavy atom. The van der Waals surface area contributed by atoms with Crippen LogP contribution in [-0.4, -0.2) is 25.0 Å². The molecule has 0 unspecified atom stereocenters. The van der Waals surface area contributed by atoms with Crippen LogP contribution in [0.5, 0.6) is 0 Å². The number of nitrogens with zero attached hydrogens (tertiary/aromatic N) is 2. The molecule has 6 heavy (non-hydrogen) atoms. The van der Waals surface area contributed by atoms with Gasteiger partial charge >= 0.3 is 6.03 Å². The normalized spacial score (nSPS) is 7.67. The molecule has 0 atom stereocenters. The molecule has 2 radical (unpaired) electrons. The molecule has 0 fully saturated rings. The van der Waals surface area contributed by atoms with Crippen molar-refractivity contribution in [1.82, 2.24) is 10.6 Å². The maximum absolute atomic E-state index is 9.62. The predicted octanol–water partition coefficient (Wildman–Crippen LogP) is -0.263. The average molecular weight is 86.1 g/mol. The Labute approximate surface area is 36.7 Å². The first kappa shape index (κ1) is 5.27. The van der Waals surface area contributed by atoms with E-state index >= 15 is 0 Å². The van der Waals surface area contributed by atoms with Crippen LogP contribution >= 0.6 is 0 Å². The van der Waals surface area contributed by atoms with Crippen molar-refractivity contribution < 1.29 is 4.79 Å². The van der Waals surface area contributed by atoms with Gasteiger partial charge in [-0.3, -0.25) is 0 Å². The Hall–Kier alpha value is -0.730. The van der Waals surface area contributed by atoms with Gasteiger partial charge in [-0.2, -0.15) is 0 Å². The number of hydrogen-bond donors (Lipinski definition) is 0. The lowest BCUT2D eigenvalue weighted by Crippen LogP contribution is -2.19. The van der Waals surface area contributed by atoms with Gasteiger partial charge in [0.05, 0.1) is 0 Å². The quantitative estimate of drug-likeness (QED) is 0.400. The first-order valence-corrected chi connectivity index (χ1v) is 1.55. The minimum absolute atomic E-state index is 0.907. The predicted molar refractivity (Wildman–Crippen MR) is 21.2 cm³/mol. The van der Waals surface area contributed by atoms with Crippen LogP contribution in [0.15, 0.2) is 0 Å². The van der Waals surface area contributed by atoms with E-state index in [2.05, 4.69) is 0 Å². The molecule has 0 bridgehead atoms. The van der Waals surface area contributed by atoms with Crippen LogP contribution in [0.3, 0.4) is 0 Å². The molecule has 0 heterocycles. The molecule has 0 aromatic rings. The van der Waals surface area contributed by atoms with Crippen molar-refractivity contribution in [3.63, 3.8) is 0 Å². The van der Waals surface area contributed by atoms with Gasteiger partial charge in [-0.15, -0.1) is 0 Å². The second-order valence-corrected chi connectivity index (χ2v) is 1.18. The summed E-state index contributed by atoms with van der Waals surface area (Å²) in [5.41, 5.74) is 7.92. The summed E-state index contributed by atoms with van der Waals surface area (Å²) >= 11 is 0. The molecule has 0 aliphatic heterocycles. The van der Waals surface area contributed by atoms with E-state index in [0.29, 0.717) is 0 Å². The zero-order valence-corrected chi connectivity index (χ0v) is 3.80. The first-order valence-electron chi connectivity index (χ1n) is 1.55. The van der Waals surface area contributed by atoms with Crippen molar-refractivity contribution in [2.75, 3.05) is 14.1 Å². The largest absolute Gasteiger partial charge is 0.361 e. The zero-order valence-electron chi connectivity index (χ0n) is 3.80. The Morgan fingerprint density at radius 2 is 1.83 bits per heavy atom. The molecular formula is C3H6N2O. The molecule has 0 N–H and O–H groups in total. The smallest absolute Gasteiger partial charge is 0.328 e. The second-order valence-electron chi connectivity index (χ2n) is 1.18. The van der Waals surface area contributed by atoms with Crippen LogP contribution in [0.25, 0.3) is 0 Å².